The van der Waals surface area contributed by atoms with Gasteiger partial charge in [-0.2, -0.15) is 0 Å². The number of hydrogen-bond donors (Lipinski definition) is 0. The van der Waals surface area contributed by atoms with Crippen LogP contribution in [-0.4, -0.2) is 62.4 Å². The van der Waals surface area contributed by atoms with Crippen LogP contribution in [0, 0.1) is 0 Å². The lowest BCUT2D eigenvalue weighted by atomic mass is 9.93. The monoisotopic (exact) mass is 339 g/mol. The maximum atomic E-state index is 11.8. The third kappa shape index (κ3) is 3.12. The molecule has 0 aromatic carbocycles. The number of pyridine rings is 1. The Morgan fingerprint density at radius 1 is 1.35 bits per heavy atom. The summed E-state index contributed by atoms with van der Waals surface area (Å²) in [6.07, 6.45) is 3.41. The van der Waals surface area contributed by atoms with E-state index in [1.165, 1.54) is 6.26 Å². The molecule has 0 N–H and O–H groups in total. The highest BCUT2D eigenvalue weighted by Gasteiger charge is 2.49. The topological polar surface area (TPSA) is 79.8 Å². The van der Waals surface area contributed by atoms with Gasteiger partial charge >= 0.3 is 6.09 Å². The summed E-state index contributed by atoms with van der Waals surface area (Å²) < 4.78 is 27.9. The average Bonchev–Trinajstić information content (AvgIpc) is 2.84. The fourth-order valence-corrected chi connectivity index (χ4v) is 4.03. The van der Waals surface area contributed by atoms with Crippen molar-refractivity contribution >= 4 is 21.7 Å². The van der Waals surface area contributed by atoms with E-state index >= 15 is 0 Å². The van der Waals surface area contributed by atoms with E-state index in [-0.39, 0.29) is 17.4 Å². The quantitative estimate of drug-likeness (QED) is 0.816. The molecule has 2 fully saturated rings. The normalized spacial score (nSPS) is 24.5. The van der Waals surface area contributed by atoms with Gasteiger partial charge in [0.2, 0.25) is 0 Å². The summed E-state index contributed by atoms with van der Waals surface area (Å²) in [6.45, 7) is 4.44. The zero-order valence-corrected chi connectivity index (χ0v) is 14.2. The van der Waals surface area contributed by atoms with E-state index in [4.69, 9.17) is 4.74 Å². The molecule has 3 rings (SSSR count). The van der Waals surface area contributed by atoms with Crippen molar-refractivity contribution in [1.29, 1.82) is 0 Å². The highest BCUT2D eigenvalue weighted by atomic mass is 32.2. The highest BCUT2D eigenvalue weighted by Crippen LogP contribution is 2.33. The Morgan fingerprint density at radius 3 is 2.74 bits per heavy atom. The minimum Gasteiger partial charge on any atom is -0.447 e. The Balaban J connectivity index is 1.77. The van der Waals surface area contributed by atoms with Crippen molar-refractivity contribution in [3.63, 3.8) is 0 Å². The first-order valence-electron chi connectivity index (χ1n) is 7.65. The third-order valence-electron chi connectivity index (χ3n) is 4.56. The number of sulfone groups is 1. The molecule has 2 saturated heterocycles. The van der Waals surface area contributed by atoms with Crippen LogP contribution in [0.5, 0.6) is 0 Å². The number of ether oxygens (including phenoxy) is 1. The minimum absolute atomic E-state index is 0.00467. The molecular formula is C15H21N3O4S. The van der Waals surface area contributed by atoms with Gasteiger partial charge in [-0.1, -0.05) is 13.0 Å². The Hall–Kier alpha value is -1.83. The third-order valence-corrected chi connectivity index (χ3v) is 5.41. The van der Waals surface area contributed by atoms with E-state index in [0.29, 0.717) is 31.8 Å². The molecule has 7 nitrogen and oxygen atoms in total. The molecule has 1 unspecified atom stereocenters. The van der Waals surface area contributed by atoms with Gasteiger partial charge in [0.15, 0.2) is 9.84 Å². The van der Waals surface area contributed by atoms with Crippen LogP contribution in [0.1, 0.15) is 18.9 Å². The number of nitrogens with zero attached hydrogens (tertiary/aromatic N) is 3. The lowest BCUT2D eigenvalue weighted by Gasteiger charge is -2.44. The summed E-state index contributed by atoms with van der Waals surface area (Å²) in [4.78, 5) is 20.2. The van der Waals surface area contributed by atoms with E-state index in [9.17, 15) is 13.2 Å². The van der Waals surface area contributed by atoms with Crippen molar-refractivity contribution < 1.29 is 17.9 Å². The molecule has 1 amide bonds. The van der Waals surface area contributed by atoms with Crippen LogP contribution in [0.2, 0.25) is 0 Å². The minimum atomic E-state index is -3.06. The molecule has 3 heterocycles. The van der Waals surface area contributed by atoms with Gasteiger partial charge in [0.25, 0.3) is 0 Å². The molecule has 2 aliphatic rings. The highest BCUT2D eigenvalue weighted by molar-refractivity contribution is 7.89. The average molecular weight is 339 g/mol. The fourth-order valence-electron chi connectivity index (χ4n) is 3.25. The lowest BCUT2D eigenvalue weighted by Crippen LogP contribution is -2.61. The number of hydrogen-bond acceptors (Lipinski definition) is 6. The van der Waals surface area contributed by atoms with Crippen molar-refractivity contribution in [2.24, 2.45) is 0 Å². The predicted octanol–water partition coefficient (Wildman–Crippen LogP) is 1.05. The van der Waals surface area contributed by atoms with Gasteiger partial charge in [-0.25, -0.2) is 18.2 Å². The largest absolute Gasteiger partial charge is 0.447 e. The Kier molecular flexibility index (Phi) is 3.95. The van der Waals surface area contributed by atoms with Gasteiger partial charge in [0.1, 0.15) is 12.4 Å². The Morgan fingerprint density at radius 2 is 2.13 bits per heavy atom. The molecule has 2 aliphatic heterocycles. The lowest BCUT2D eigenvalue weighted by molar-refractivity contribution is 0.137. The van der Waals surface area contributed by atoms with Gasteiger partial charge in [-0.3, -0.25) is 4.90 Å². The second-order valence-electron chi connectivity index (χ2n) is 6.30. The number of piperazine rings is 1. The molecule has 0 spiro atoms. The second kappa shape index (κ2) is 5.67. The van der Waals surface area contributed by atoms with Crippen molar-refractivity contribution in [3.8, 4) is 0 Å². The fraction of sp³-hybridized carbons (Fsp3) is 0.600. The first-order valence-corrected chi connectivity index (χ1v) is 9.71. The molecule has 1 atom stereocenters. The van der Waals surface area contributed by atoms with E-state index in [1.807, 2.05) is 11.0 Å². The molecule has 0 radical (unpaired) electrons. The summed E-state index contributed by atoms with van der Waals surface area (Å²) >= 11 is 0. The number of carbonyl (C=O) groups excluding carboxylic acids is 1. The first-order chi connectivity index (χ1) is 10.8. The van der Waals surface area contributed by atoms with E-state index in [1.54, 1.807) is 12.3 Å². The van der Waals surface area contributed by atoms with Gasteiger partial charge in [0.05, 0.1) is 11.3 Å². The summed E-state index contributed by atoms with van der Waals surface area (Å²) in [6, 6.07) is 3.64. The van der Waals surface area contributed by atoms with Crippen LogP contribution in [-0.2, 0) is 20.3 Å². The number of cyclic esters (lactones) is 1. The second-order valence-corrected chi connectivity index (χ2v) is 8.44. The summed E-state index contributed by atoms with van der Waals surface area (Å²) in [5.41, 5.74) is 0.391. The number of aromatic nitrogens is 1. The SMILES string of the molecule is CCC12COC(=O)N1CCN(c1ccc(CS(C)(=O)=O)cn1)C2. The van der Waals surface area contributed by atoms with Gasteiger partial charge < -0.3 is 9.64 Å². The molecule has 0 aliphatic carbocycles. The van der Waals surface area contributed by atoms with Crippen molar-refractivity contribution in [2.75, 3.05) is 37.4 Å². The first kappa shape index (κ1) is 16.0. The van der Waals surface area contributed by atoms with Crippen LogP contribution in [0.15, 0.2) is 18.3 Å². The summed E-state index contributed by atoms with van der Waals surface area (Å²) in [7, 11) is -3.06. The number of fused-ring (bicyclic) bond motifs is 1. The van der Waals surface area contributed by atoms with Gasteiger partial charge in [0, 0.05) is 32.1 Å². The van der Waals surface area contributed by atoms with E-state index < -0.39 is 9.84 Å². The summed E-state index contributed by atoms with van der Waals surface area (Å²) in [5.74, 6) is 0.795. The number of rotatable bonds is 4. The smallest absolute Gasteiger partial charge is 0.410 e. The predicted molar refractivity (Wildman–Crippen MR) is 86.1 cm³/mol. The number of carbonyl (C=O) groups is 1. The maximum absolute atomic E-state index is 11.8. The van der Waals surface area contributed by atoms with Crippen molar-refractivity contribution in [3.05, 3.63) is 23.9 Å². The molecule has 0 bridgehead atoms. The Labute approximate surface area is 136 Å². The molecule has 8 heteroatoms. The standard InChI is InChI=1S/C15H21N3O4S/c1-3-15-10-17(6-7-18(15)14(19)22-11-15)13-5-4-12(8-16-13)9-23(2,20)21/h4-5,8H,3,6-7,9-11H2,1-2H3. The van der Waals surface area contributed by atoms with Crippen LogP contribution >= 0.6 is 0 Å². The van der Waals surface area contributed by atoms with Crippen LogP contribution < -0.4 is 4.90 Å². The zero-order valence-electron chi connectivity index (χ0n) is 13.4. The molecule has 1 aromatic heterocycles. The summed E-state index contributed by atoms with van der Waals surface area (Å²) in [5, 5.41) is 0. The molecule has 23 heavy (non-hydrogen) atoms. The Bertz CT molecular complexity index is 704. The molecule has 126 valence electrons. The van der Waals surface area contributed by atoms with Crippen LogP contribution in [0.3, 0.4) is 0 Å². The van der Waals surface area contributed by atoms with Gasteiger partial charge in [-0.15, -0.1) is 0 Å². The van der Waals surface area contributed by atoms with E-state index in [2.05, 4.69) is 16.8 Å². The maximum Gasteiger partial charge on any atom is 0.410 e. The van der Waals surface area contributed by atoms with Crippen molar-refractivity contribution in [2.45, 2.75) is 24.6 Å². The molecule has 0 saturated carbocycles. The number of anilines is 1. The molecule has 1 aromatic rings. The number of amides is 1. The zero-order chi connectivity index (χ0) is 16.7. The van der Waals surface area contributed by atoms with Crippen LogP contribution in [0.25, 0.3) is 0 Å². The van der Waals surface area contributed by atoms with E-state index in [0.717, 1.165) is 12.2 Å². The van der Waals surface area contributed by atoms with Crippen molar-refractivity contribution in [1.82, 2.24) is 9.88 Å². The van der Waals surface area contributed by atoms with Gasteiger partial charge in [-0.05, 0) is 18.1 Å². The van der Waals surface area contributed by atoms with Crippen LogP contribution in [0.4, 0.5) is 10.6 Å². The molecular weight excluding hydrogens is 318 g/mol.